The molecule has 1 amide bonds. The number of rotatable bonds is 12. The number of carboxylic acids is 1. The molecule has 2 aromatic carbocycles. The second-order valence-corrected chi connectivity index (χ2v) is 10.6. The fourth-order valence-corrected chi connectivity index (χ4v) is 5.06. The molecule has 2 heterocycles. The Hall–Kier alpha value is -4.62. The molecule has 7 N–H and O–H groups in total. The Labute approximate surface area is 255 Å². The number of hydrogen-bond donors (Lipinski definition) is 6. The van der Waals surface area contributed by atoms with Crippen LogP contribution in [0, 0.1) is 5.92 Å². The maximum absolute atomic E-state index is 12.7. The van der Waals surface area contributed by atoms with E-state index in [2.05, 4.69) is 25.9 Å². The summed E-state index contributed by atoms with van der Waals surface area (Å²) in [6.45, 7) is 0.523. The molecule has 0 saturated heterocycles. The highest BCUT2D eigenvalue weighted by Gasteiger charge is 2.33. The number of esters is 1. The Morgan fingerprint density at radius 2 is 1.86 bits per heavy atom. The predicted octanol–water partition coefficient (Wildman–Crippen LogP) is 2.80. The molecule has 0 radical (unpaired) electrons. The van der Waals surface area contributed by atoms with Gasteiger partial charge in [-0.25, -0.2) is 4.79 Å². The molecule has 3 aromatic rings. The third-order valence-electron chi connectivity index (χ3n) is 6.89. The summed E-state index contributed by atoms with van der Waals surface area (Å²) in [5.74, 6) is -3.37. The summed E-state index contributed by atoms with van der Waals surface area (Å²) in [6, 6.07) is 9.76. The molecule has 0 spiro atoms. The number of halogens is 2. The van der Waals surface area contributed by atoms with Gasteiger partial charge in [0.2, 0.25) is 5.95 Å². The molecule has 1 unspecified atom stereocenters. The Morgan fingerprint density at radius 1 is 1.16 bits per heavy atom. The lowest BCUT2D eigenvalue weighted by Crippen LogP contribution is -2.41. The number of nitrogens with one attached hydrogen (secondary N) is 4. The van der Waals surface area contributed by atoms with E-state index >= 15 is 0 Å². The topological polar surface area (TPSA) is 206 Å². The fourth-order valence-electron chi connectivity index (χ4n) is 4.56. The van der Waals surface area contributed by atoms with Crippen LogP contribution in [0.25, 0.3) is 0 Å². The standard InChI is InChI=1S/C28H28Cl2N6O7/c29-19-2-1-3-20(30)18(19)13-43-22(38)9-8-21(27(41)42)34-25(39)14-4-6-16(7-5-14)32-10-15-11-33-24-23(17(15)12-37)26(40)36-28(31)35-24/h1-7,12,15,17,21,32H,8-11,13H2,(H,34,39)(H,41,42)(H4,31,33,35,36,40)/t15-,17?,21+/m1/s1. The average Bonchev–Trinajstić information content (AvgIpc) is 2.97. The van der Waals surface area contributed by atoms with Crippen molar-refractivity contribution >= 4 is 64.8 Å². The molecule has 1 aliphatic heterocycles. The number of nitrogen functional groups attached to an aromatic ring is 1. The van der Waals surface area contributed by atoms with E-state index in [-0.39, 0.29) is 48.3 Å². The first-order valence-corrected chi connectivity index (χ1v) is 13.9. The number of hydrogen-bond acceptors (Lipinski definition) is 10. The summed E-state index contributed by atoms with van der Waals surface area (Å²) in [4.78, 5) is 67.3. The lowest BCUT2D eigenvalue weighted by atomic mass is 9.85. The molecule has 1 aliphatic rings. The van der Waals surface area contributed by atoms with Crippen LogP contribution >= 0.6 is 23.2 Å². The van der Waals surface area contributed by atoms with E-state index in [1.807, 2.05) is 0 Å². The van der Waals surface area contributed by atoms with E-state index in [4.69, 9.17) is 33.7 Å². The zero-order valence-corrected chi connectivity index (χ0v) is 24.1. The van der Waals surface area contributed by atoms with Crippen LogP contribution in [0.15, 0.2) is 47.3 Å². The number of amides is 1. The molecule has 1 aromatic heterocycles. The van der Waals surface area contributed by atoms with Crippen molar-refractivity contribution in [3.63, 3.8) is 0 Å². The highest BCUT2D eigenvalue weighted by Crippen LogP contribution is 2.31. The van der Waals surface area contributed by atoms with Crippen LogP contribution in [-0.2, 0) is 25.7 Å². The van der Waals surface area contributed by atoms with Gasteiger partial charge in [-0.1, -0.05) is 29.3 Å². The first-order valence-electron chi connectivity index (χ1n) is 13.1. The molecular formula is C28H28Cl2N6O7. The monoisotopic (exact) mass is 630 g/mol. The highest BCUT2D eigenvalue weighted by atomic mass is 35.5. The number of benzene rings is 2. The summed E-state index contributed by atoms with van der Waals surface area (Å²) < 4.78 is 5.16. The van der Waals surface area contributed by atoms with Gasteiger partial charge >= 0.3 is 11.9 Å². The van der Waals surface area contributed by atoms with Crippen molar-refractivity contribution in [1.29, 1.82) is 0 Å². The minimum Gasteiger partial charge on any atom is -0.480 e. The minimum absolute atomic E-state index is 0.0471. The van der Waals surface area contributed by atoms with Crippen LogP contribution in [0.5, 0.6) is 0 Å². The van der Waals surface area contributed by atoms with Crippen molar-refractivity contribution in [2.75, 3.05) is 29.5 Å². The highest BCUT2D eigenvalue weighted by molar-refractivity contribution is 6.35. The van der Waals surface area contributed by atoms with Crippen molar-refractivity contribution in [3.05, 3.63) is 79.6 Å². The number of ether oxygens (including phenoxy) is 1. The summed E-state index contributed by atoms with van der Waals surface area (Å²) >= 11 is 12.1. The second-order valence-electron chi connectivity index (χ2n) is 9.74. The molecule has 0 saturated carbocycles. The van der Waals surface area contributed by atoms with Crippen molar-refractivity contribution in [3.8, 4) is 0 Å². The number of aromatic nitrogens is 2. The zero-order valence-electron chi connectivity index (χ0n) is 22.6. The van der Waals surface area contributed by atoms with Crippen molar-refractivity contribution in [2.24, 2.45) is 5.92 Å². The molecule has 43 heavy (non-hydrogen) atoms. The Bertz CT molecular complexity index is 1560. The van der Waals surface area contributed by atoms with Gasteiger partial charge in [-0.15, -0.1) is 0 Å². The van der Waals surface area contributed by atoms with Gasteiger partial charge in [0.1, 0.15) is 24.8 Å². The van der Waals surface area contributed by atoms with Gasteiger partial charge in [-0.05, 0) is 42.8 Å². The number of aromatic amines is 1. The Balaban J connectivity index is 1.28. The first kappa shape index (κ1) is 31.3. The van der Waals surface area contributed by atoms with Gasteiger partial charge in [-0.2, -0.15) is 4.98 Å². The first-order chi connectivity index (χ1) is 20.6. The van der Waals surface area contributed by atoms with Crippen LogP contribution in [-0.4, -0.2) is 58.3 Å². The van der Waals surface area contributed by atoms with Crippen LogP contribution in [0.2, 0.25) is 10.0 Å². The third kappa shape index (κ3) is 7.81. The number of carbonyl (C=O) groups is 4. The number of anilines is 3. The van der Waals surface area contributed by atoms with Gasteiger partial charge in [0, 0.05) is 52.3 Å². The minimum atomic E-state index is -1.34. The van der Waals surface area contributed by atoms with Gasteiger partial charge in [0.25, 0.3) is 11.5 Å². The number of fused-ring (bicyclic) bond motifs is 1. The normalized spacial score (nSPS) is 16.2. The van der Waals surface area contributed by atoms with E-state index in [1.165, 1.54) is 12.1 Å². The van der Waals surface area contributed by atoms with Crippen LogP contribution in [0.3, 0.4) is 0 Å². The molecule has 0 fully saturated rings. The number of nitrogens with two attached hydrogens (primary N) is 1. The maximum atomic E-state index is 12.7. The number of aliphatic carboxylic acids is 1. The lowest BCUT2D eigenvalue weighted by Gasteiger charge is -2.30. The van der Waals surface area contributed by atoms with Crippen molar-refractivity contribution in [1.82, 2.24) is 15.3 Å². The smallest absolute Gasteiger partial charge is 0.326 e. The van der Waals surface area contributed by atoms with Gasteiger partial charge in [0.05, 0.1) is 11.5 Å². The summed E-state index contributed by atoms with van der Waals surface area (Å²) in [5.41, 5.74) is 6.59. The zero-order chi connectivity index (χ0) is 31.1. The number of aldehydes is 1. The number of carbonyl (C=O) groups excluding carboxylic acids is 3. The largest absolute Gasteiger partial charge is 0.480 e. The molecule has 13 nitrogen and oxygen atoms in total. The van der Waals surface area contributed by atoms with Crippen LogP contribution in [0.1, 0.15) is 40.2 Å². The Morgan fingerprint density at radius 3 is 2.51 bits per heavy atom. The third-order valence-corrected chi connectivity index (χ3v) is 7.60. The molecule has 226 valence electrons. The summed E-state index contributed by atoms with van der Waals surface area (Å²) in [6.07, 6.45) is 0.247. The fraction of sp³-hybridized carbons (Fsp3) is 0.286. The van der Waals surface area contributed by atoms with Gasteiger partial charge in [0.15, 0.2) is 0 Å². The SMILES string of the molecule is Nc1nc2c(c(=O)[nH]1)C(C=O)[C@H](CNc1ccc(C(=O)N[C@@H](CCC(=O)OCc3c(Cl)cccc3Cl)C(=O)O)cc1)CN2. The second kappa shape index (κ2) is 14.0. The number of nitrogens with zero attached hydrogens (tertiary/aromatic N) is 1. The van der Waals surface area contributed by atoms with E-state index in [0.717, 1.165) is 0 Å². The molecular weight excluding hydrogens is 603 g/mol. The molecule has 4 rings (SSSR count). The average molecular weight is 631 g/mol. The summed E-state index contributed by atoms with van der Waals surface area (Å²) in [5, 5.41) is 18.8. The van der Waals surface area contributed by atoms with Crippen molar-refractivity contribution < 1.29 is 29.0 Å². The van der Waals surface area contributed by atoms with Crippen LogP contribution < -0.4 is 27.2 Å². The summed E-state index contributed by atoms with van der Waals surface area (Å²) in [7, 11) is 0. The van der Waals surface area contributed by atoms with Gasteiger partial charge < -0.3 is 36.3 Å². The number of H-pyrrole nitrogens is 1. The van der Waals surface area contributed by atoms with Crippen molar-refractivity contribution in [2.45, 2.75) is 31.4 Å². The van der Waals surface area contributed by atoms with E-state index in [9.17, 15) is 29.1 Å². The Kier molecular flexibility index (Phi) is 10.2. The predicted molar refractivity (Wildman–Crippen MR) is 159 cm³/mol. The molecule has 3 atom stereocenters. The molecule has 0 aliphatic carbocycles. The number of carboxylic acid groups (broad SMARTS) is 1. The lowest BCUT2D eigenvalue weighted by molar-refractivity contribution is -0.145. The van der Waals surface area contributed by atoms with Crippen LogP contribution in [0.4, 0.5) is 17.5 Å². The molecule has 15 heteroatoms. The van der Waals surface area contributed by atoms with E-state index < -0.39 is 35.4 Å². The van der Waals surface area contributed by atoms with E-state index in [0.29, 0.717) is 40.7 Å². The quantitative estimate of drug-likeness (QED) is 0.127. The van der Waals surface area contributed by atoms with Gasteiger partial charge in [-0.3, -0.25) is 19.4 Å². The maximum Gasteiger partial charge on any atom is 0.326 e. The van der Waals surface area contributed by atoms with E-state index in [1.54, 1.807) is 30.3 Å². The molecule has 0 bridgehead atoms.